The maximum absolute atomic E-state index is 14.9. The molecule has 1 atom stereocenters. The van der Waals surface area contributed by atoms with E-state index in [1.807, 2.05) is 0 Å². The number of methoxy groups -OCH3 is 1. The second-order valence-electron chi connectivity index (χ2n) is 9.13. The van der Waals surface area contributed by atoms with Crippen molar-refractivity contribution in [1.82, 2.24) is 15.0 Å². The third-order valence-electron chi connectivity index (χ3n) is 6.52. The monoisotopic (exact) mass is 585 g/mol. The van der Waals surface area contributed by atoms with E-state index in [1.54, 1.807) is 30.3 Å². The Labute approximate surface area is 235 Å². The number of halogens is 5. The fraction of sp³-hybridized carbons (Fsp3) is 0.143. The predicted octanol–water partition coefficient (Wildman–Crippen LogP) is 7.28. The zero-order valence-electron chi connectivity index (χ0n) is 21.2. The van der Waals surface area contributed by atoms with Crippen molar-refractivity contribution in [2.24, 2.45) is 0 Å². The molecule has 2 aromatic heterocycles. The van der Waals surface area contributed by atoms with Crippen LogP contribution in [0.4, 0.5) is 29.2 Å². The molecular weight excluding hydrogens is 566 g/mol. The van der Waals surface area contributed by atoms with Gasteiger partial charge in [0.2, 0.25) is 5.95 Å². The summed E-state index contributed by atoms with van der Waals surface area (Å²) < 4.78 is 61.6. The summed E-state index contributed by atoms with van der Waals surface area (Å²) in [6.07, 6.45) is -3.55. The molecule has 210 valence electrons. The van der Waals surface area contributed by atoms with Crippen molar-refractivity contribution >= 4 is 34.3 Å². The number of alkyl halides is 3. The normalized spacial score (nSPS) is 13.1. The van der Waals surface area contributed by atoms with E-state index in [-0.39, 0.29) is 51.1 Å². The summed E-state index contributed by atoms with van der Waals surface area (Å²) in [6.45, 7) is 0. The van der Waals surface area contributed by atoms with Crippen LogP contribution < -0.4 is 10.1 Å². The van der Waals surface area contributed by atoms with Gasteiger partial charge in [-0.1, -0.05) is 41.9 Å². The Morgan fingerprint density at radius 1 is 1.05 bits per heavy atom. The van der Waals surface area contributed by atoms with Crippen molar-refractivity contribution in [2.75, 3.05) is 12.4 Å². The molecule has 0 saturated carbocycles. The molecule has 41 heavy (non-hydrogen) atoms. The van der Waals surface area contributed by atoms with Gasteiger partial charge in [-0.25, -0.2) is 9.37 Å². The van der Waals surface area contributed by atoms with E-state index in [1.165, 1.54) is 37.6 Å². The number of ether oxygens (including phenoxy) is 1. The van der Waals surface area contributed by atoms with Crippen molar-refractivity contribution in [1.29, 1.82) is 0 Å². The summed E-state index contributed by atoms with van der Waals surface area (Å²) in [4.78, 5) is 22.9. The lowest BCUT2D eigenvalue weighted by Crippen LogP contribution is -2.40. The van der Waals surface area contributed by atoms with Crippen LogP contribution in [0.25, 0.3) is 11.0 Å². The summed E-state index contributed by atoms with van der Waals surface area (Å²) in [6, 6.07) is 16.9. The van der Waals surface area contributed by atoms with E-state index in [2.05, 4.69) is 20.3 Å². The van der Waals surface area contributed by atoms with Gasteiger partial charge in [0.25, 0.3) is 0 Å². The van der Waals surface area contributed by atoms with Gasteiger partial charge in [-0.05, 0) is 53.6 Å². The lowest BCUT2D eigenvalue weighted by atomic mass is 9.80. The molecule has 0 aliphatic carbocycles. The number of rotatable bonds is 8. The van der Waals surface area contributed by atoms with Gasteiger partial charge in [-0.15, -0.1) is 0 Å². The highest BCUT2D eigenvalue weighted by Crippen LogP contribution is 2.41. The molecule has 0 aliphatic heterocycles. The zero-order chi connectivity index (χ0) is 29.4. The molecular formula is C28H20ClF4N5O3. The van der Waals surface area contributed by atoms with Crippen molar-refractivity contribution in [2.45, 2.75) is 18.1 Å². The number of nitrogens with one attached hydrogen (secondary N) is 2. The average Bonchev–Trinajstić information content (AvgIpc) is 3.34. The minimum absolute atomic E-state index is 0.0183. The molecule has 0 fully saturated rings. The van der Waals surface area contributed by atoms with Crippen LogP contribution in [-0.2, 0) is 18.1 Å². The fourth-order valence-corrected chi connectivity index (χ4v) is 4.81. The Bertz CT molecular complexity index is 1730. The number of nitro groups is 1. The molecule has 0 radical (unpaired) electrons. The second-order valence-corrected chi connectivity index (χ2v) is 9.57. The Morgan fingerprint density at radius 2 is 1.78 bits per heavy atom. The number of imidazole rings is 1. The minimum Gasteiger partial charge on any atom is -0.490 e. The van der Waals surface area contributed by atoms with Crippen molar-refractivity contribution in [3.05, 3.63) is 122 Å². The number of pyridine rings is 1. The van der Waals surface area contributed by atoms with Crippen molar-refractivity contribution < 1.29 is 27.2 Å². The summed E-state index contributed by atoms with van der Waals surface area (Å²) in [7, 11) is 1.28. The first-order valence-electron chi connectivity index (χ1n) is 12.0. The van der Waals surface area contributed by atoms with E-state index in [4.69, 9.17) is 16.3 Å². The van der Waals surface area contributed by atoms with Gasteiger partial charge in [0.15, 0.2) is 5.75 Å². The number of aromatic amines is 1. The average molecular weight is 586 g/mol. The van der Waals surface area contributed by atoms with Crippen LogP contribution in [-0.4, -0.2) is 27.0 Å². The first kappa shape index (κ1) is 27.8. The van der Waals surface area contributed by atoms with E-state index in [9.17, 15) is 27.7 Å². The number of hydrogen-bond acceptors (Lipinski definition) is 6. The molecule has 0 amide bonds. The molecule has 0 saturated heterocycles. The van der Waals surface area contributed by atoms with Gasteiger partial charge < -0.3 is 15.0 Å². The number of hydrogen-bond donors (Lipinski definition) is 2. The number of nitrogens with zero attached hydrogens (tertiary/aromatic N) is 3. The number of fused-ring (bicyclic) bond motifs is 1. The van der Waals surface area contributed by atoms with Crippen LogP contribution in [0.15, 0.2) is 79.0 Å². The summed E-state index contributed by atoms with van der Waals surface area (Å²) in [5.41, 5.74) is -2.30. The topological polar surface area (TPSA) is 106 Å². The van der Waals surface area contributed by atoms with Gasteiger partial charge >= 0.3 is 11.9 Å². The van der Waals surface area contributed by atoms with Gasteiger partial charge in [-0.3, -0.25) is 15.1 Å². The third kappa shape index (κ3) is 5.50. The number of aromatic nitrogens is 3. The highest BCUT2D eigenvalue weighted by atomic mass is 35.5. The minimum atomic E-state index is -4.85. The van der Waals surface area contributed by atoms with E-state index < -0.39 is 28.0 Å². The molecule has 0 unspecified atom stereocenters. The standard InChI is InChI=1S/C28H20ClF4N5O3/c1-41-22-9-8-21-24(25(22)38(39)40)36-26(35-21)37-27(14-16-5-3-2-4-6-16,23-10-7-19(29)15-34-23)17-11-18(28(31,32)33)13-20(30)12-17/h2-13,15H,14H2,1H3,(H2,35,36,37)/t27-/m1/s1. The smallest absolute Gasteiger partial charge is 0.416 e. The lowest BCUT2D eigenvalue weighted by molar-refractivity contribution is -0.384. The Morgan fingerprint density at radius 3 is 2.41 bits per heavy atom. The molecule has 2 heterocycles. The second kappa shape index (κ2) is 10.7. The van der Waals surface area contributed by atoms with E-state index in [0.29, 0.717) is 11.6 Å². The molecule has 13 heteroatoms. The molecule has 5 aromatic rings. The van der Waals surface area contributed by atoms with Crippen molar-refractivity contribution in [3.8, 4) is 5.75 Å². The SMILES string of the molecule is COc1ccc2nc(N[C@](Cc3ccccc3)(c3cc(F)cc(C(F)(F)F)c3)c3ccc(Cl)cn3)[nH]c2c1[N+](=O)[O-]. The molecule has 8 nitrogen and oxygen atoms in total. The van der Waals surface area contributed by atoms with Crippen LogP contribution in [0, 0.1) is 15.9 Å². The molecule has 2 N–H and O–H groups in total. The van der Waals surface area contributed by atoms with Crippen LogP contribution >= 0.6 is 11.6 Å². The molecule has 5 rings (SSSR count). The predicted molar refractivity (Wildman–Crippen MR) is 144 cm³/mol. The number of nitro benzene ring substituents is 1. The summed E-state index contributed by atoms with van der Waals surface area (Å²) in [5.74, 6) is -1.18. The molecule has 3 aromatic carbocycles. The maximum Gasteiger partial charge on any atom is 0.416 e. The third-order valence-corrected chi connectivity index (χ3v) is 6.75. The van der Waals surface area contributed by atoms with E-state index >= 15 is 0 Å². The highest BCUT2D eigenvalue weighted by Gasteiger charge is 2.40. The summed E-state index contributed by atoms with van der Waals surface area (Å²) in [5, 5.41) is 15.3. The van der Waals surface area contributed by atoms with Crippen LogP contribution in [0.5, 0.6) is 5.75 Å². The Balaban J connectivity index is 1.79. The first-order valence-corrected chi connectivity index (χ1v) is 12.4. The van der Waals surface area contributed by atoms with Gasteiger partial charge in [0.1, 0.15) is 16.9 Å². The molecule has 0 spiro atoms. The van der Waals surface area contributed by atoms with E-state index in [0.717, 1.165) is 12.1 Å². The van der Waals surface area contributed by atoms with Crippen molar-refractivity contribution in [3.63, 3.8) is 0 Å². The first-order chi connectivity index (χ1) is 19.5. The Hall–Kier alpha value is -4.71. The van der Waals surface area contributed by atoms with Crippen LogP contribution in [0.3, 0.4) is 0 Å². The van der Waals surface area contributed by atoms with Gasteiger partial charge in [-0.2, -0.15) is 13.2 Å². The highest BCUT2D eigenvalue weighted by molar-refractivity contribution is 6.30. The van der Waals surface area contributed by atoms with Gasteiger partial charge in [0.05, 0.1) is 33.8 Å². The largest absolute Gasteiger partial charge is 0.490 e. The summed E-state index contributed by atoms with van der Waals surface area (Å²) >= 11 is 6.08. The van der Waals surface area contributed by atoms with Gasteiger partial charge in [0, 0.05) is 12.6 Å². The fourth-order valence-electron chi connectivity index (χ4n) is 4.70. The number of anilines is 1. The van der Waals surface area contributed by atoms with Crippen LogP contribution in [0.1, 0.15) is 22.4 Å². The number of H-pyrrole nitrogens is 1. The quantitative estimate of drug-likeness (QED) is 0.113. The van der Waals surface area contributed by atoms with Crippen LogP contribution in [0.2, 0.25) is 5.02 Å². The molecule has 0 bridgehead atoms. The zero-order valence-corrected chi connectivity index (χ0v) is 21.9. The lowest BCUT2D eigenvalue weighted by Gasteiger charge is -2.35. The maximum atomic E-state index is 14.9. The number of benzene rings is 3. The molecule has 0 aliphatic rings. The Kier molecular flexibility index (Phi) is 7.26.